The van der Waals surface area contributed by atoms with Crippen LogP contribution in [0.2, 0.25) is 0 Å². The van der Waals surface area contributed by atoms with E-state index in [0.717, 1.165) is 21.3 Å². The van der Waals surface area contributed by atoms with Gasteiger partial charge in [0, 0.05) is 23.1 Å². The second-order valence-electron chi connectivity index (χ2n) is 5.47. The molecule has 0 aromatic carbocycles. The highest BCUT2D eigenvalue weighted by atomic mass is 32.1. The topological polar surface area (TPSA) is 81.0 Å². The number of thiazole rings is 1. The molecule has 0 saturated heterocycles. The first kappa shape index (κ1) is 15.4. The van der Waals surface area contributed by atoms with Gasteiger partial charge in [-0.2, -0.15) is 0 Å². The average Bonchev–Trinajstić information content (AvgIpc) is 2.92. The summed E-state index contributed by atoms with van der Waals surface area (Å²) in [5.74, 6) is 0.624. The molecule has 1 aliphatic rings. The molecule has 0 saturated carbocycles. The number of hydrogen-bond donors (Lipinski definition) is 1. The van der Waals surface area contributed by atoms with Gasteiger partial charge < -0.3 is 5.32 Å². The summed E-state index contributed by atoms with van der Waals surface area (Å²) in [4.78, 5) is 20.6. The van der Waals surface area contributed by atoms with Crippen molar-refractivity contribution in [3.05, 3.63) is 68.5 Å². The molecule has 118 valence electrons. The number of hydrogen-bond acceptors (Lipinski definition) is 6. The molecule has 2 aromatic heterocycles. The fourth-order valence-electron chi connectivity index (χ4n) is 2.47. The maximum absolute atomic E-state index is 11.0. The Morgan fingerprint density at radius 2 is 2.22 bits per heavy atom. The molecule has 0 bridgehead atoms. The van der Waals surface area contributed by atoms with E-state index in [4.69, 9.17) is 0 Å². The van der Waals surface area contributed by atoms with Gasteiger partial charge in [-0.25, -0.2) is 9.97 Å². The zero-order valence-electron chi connectivity index (χ0n) is 12.8. The molecule has 0 aliphatic heterocycles. The highest BCUT2D eigenvalue weighted by Gasteiger charge is 2.22. The van der Waals surface area contributed by atoms with Crippen LogP contribution in [-0.2, 0) is 0 Å². The van der Waals surface area contributed by atoms with Crippen molar-refractivity contribution in [3.8, 4) is 0 Å². The second kappa shape index (κ2) is 6.29. The number of nitro groups is 1. The third-order valence-corrected chi connectivity index (χ3v) is 4.35. The molecule has 1 N–H and O–H groups in total. The van der Waals surface area contributed by atoms with E-state index < -0.39 is 0 Å². The summed E-state index contributed by atoms with van der Waals surface area (Å²) in [6, 6.07) is 3.91. The van der Waals surface area contributed by atoms with E-state index in [1.807, 2.05) is 38.3 Å². The van der Waals surface area contributed by atoms with E-state index in [2.05, 4.69) is 15.3 Å². The van der Waals surface area contributed by atoms with Gasteiger partial charge in [-0.3, -0.25) is 10.1 Å². The normalized spacial score (nSPS) is 17.0. The molecule has 7 heteroatoms. The Hall–Kier alpha value is -2.54. The van der Waals surface area contributed by atoms with Crippen molar-refractivity contribution in [2.24, 2.45) is 0 Å². The first-order chi connectivity index (χ1) is 11.0. The van der Waals surface area contributed by atoms with Gasteiger partial charge in [0.05, 0.1) is 17.0 Å². The number of aromatic nitrogens is 2. The lowest BCUT2D eigenvalue weighted by Crippen LogP contribution is -2.09. The largest absolute Gasteiger partial charge is 0.316 e. The minimum atomic E-state index is -0.330. The summed E-state index contributed by atoms with van der Waals surface area (Å²) in [7, 11) is 0. The number of nitrogens with one attached hydrogen (secondary N) is 1. The molecule has 0 spiro atoms. The van der Waals surface area contributed by atoms with Crippen LogP contribution in [0.3, 0.4) is 0 Å². The van der Waals surface area contributed by atoms with E-state index in [9.17, 15) is 10.1 Å². The Kier molecular flexibility index (Phi) is 4.20. The molecular formula is C16H16N4O2S. The first-order valence-electron chi connectivity index (χ1n) is 7.21. The van der Waals surface area contributed by atoms with Crippen molar-refractivity contribution >= 4 is 22.3 Å². The fourth-order valence-corrected chi connectivity index (χ4v) is 3.14. The second-order valence-corrected chi connectivity index (χ2v) is 6.70. The Morgan fingerprint density at radius 1 is 1.39 bits per heavy atom. The van der Waals surface area contributed by atoms with Crippen LogP contribution in [0.15, 0.2) is 42.3 Å². The lowest BCUT2D eigenvalue weighted by molar-refractivity contribution is -0.428. The van der Waals surface area contributed by atoms with Gasteiger partial charge in [0.15, 0.2) is 5.13 Å². The quantitative estimate of drug-likeness (QED) is 0.675. The summed E-state index contributed by atoms with van der Waals surface area (Å²) in [5.41, 5.74) is 2.09. The van der Waals surface area contributed by atoms with Crippen molar-refractivity contribution in [1.82, 2.24) is 9.97 Å². The zero-order chi connectivity index (χ0) is 16.4. The molecule has 1 unspecified atom stereocenters. The molecule has 3 rings (SSSR count). The number of aryl methyl sites for hydroxylation is 2. The minimum absolute atomic E-state index is 0.0844. The van der Waals surface area contributed by atoms with Crippen LogP contribution in [0.5, 0.6) is 0 Å². The Bertz CT molecular complexity index is 810. The summed E-state index contributed by atoms with van der Waals surface area (Å²) in [6.45, 7) is 3.98. The van der Waals surface area contributed by atoms with Gasteiger partial charge in [0.25, 0.3) is 0 Å². The number of nitrogens with zero attached hydrogens (tertiary/aromatic N) is 3. The molecule has 23 heavy (non-hydrogen) atoms. The molecule has 0 amide bonds. The lowest BCUT2D eigenvalue weighted by atomic mass is 9.94. The molecular weight excluding hydrogens is 312 g/mol. The van der Waals surface area contributed by atoms with Gasteiger partial charge in [0.1, 0.15) is 5.82 Å². The number of pyridine rings is 1. The Balaban J connectivity index is 1.85. The minimum Gasteiger partial charge on any atom is -0.316 e. The van der Waals surface area contributed by atoms with Crippen LogP contribution in [0.1, 0.15) is 28.5 Å². The van der Waals surface area contributed by atoms with Crippen LogP contribution < -0.4 is 5.32 Å². The number of rotatable bonds is 4. The van der Waals surface area contributed by atoms with E-state index in [1.54, 1.807) is 23.5 Å². The third kappa shape index (κ3) is 3.62. The number of allylic oxidation sites excluding steroid dienone is 4. The predicted octanol–water partition coefficient (Wildman–Crippen LogP) is 4.10. The lowest BCUT2D eigenvalue weighted by Gasteiger charge is -2.15. The van der Waals surface area contributed by atoms with Crippen LogP contribution in [0.25, 0.3) is 0 Å². The molecule has 2 aromatic rings. The highest BCUT2D eigenvalue weighted by molar-refractivity contribution is 7.15. The van der Waals surface area contributed by atoms with Gasteiger partial charge >= 0.3 is 0 Å². The summed E-state index contributed by atoms with van der Waals surface area (Å²) in [5, 5.41) is 15.0. The average molecular weight is 328 g/mol. The molecule has 1 atom stereocenters. The molecule has 6 nitrogen and oxygen atoms in total. The third-order valence-electron chi connectivity index (χ3n) is 3.52. The van der Waals surface area contributed by atoms with E-state index in [-0.39, 0.29) is 16.5 Å². The van der Waals surface area contributed by atoms with Gasteiger partial charge in [-0.15, -0.1) is 11.3 Å². The standard InChI is InChI=1S/C16H16N4O2S/c1-10-6-14(12-4-3-5-13(8-12)20(21)22)18-15(7-10)19-16-17-9-11(2)23-16/h3-7,9,12H,8H2,1-2H3,(H,17,18,19). The summed E-state index contributed by atoms with van der Waals surface area (Å²) < 4.78 is 0. The van der Waals surface area contributed by atoms with Gasteiger partial charge in [-0.1, -0.05) is 12.2 Å². The SMILES string of the molecule is Cc1cc(Nc2ncc(C)s2)nc(C2C=CC=C([N+](=O)[O-])C2)c1. The van der Waals surface area contributed by atoms with Crippen LogP contribution >= 0.6 is 11.3 Å². The van der Waals surface area contributed by atoms with Crippen LogP contribution in [-0.4, -0.2) is 14.9 Å². The first-order valence-corrected chi connectivity index (χ1v) is 8.03. The Morgan fingerprint density at radius 3 is 2.91 bits per heavy atom. The van der Waals surface area contributed by atoms with Crippen LogP contribution in [0.4, 0.5) is 10.9 Å². The highest BCUT2D eigenvalue weighted by Crippen LogP contribution is 2.30. The molecule has 1 aliphatic carbocycles. The summed E-state index contributed by atoms with van der Waals surface area (Å²) in [6.07, 6.45) is 7.39. The molecule has 0 fully saturated rings. The predicted molar refractivity (Wildman–Crippen MR) is 90.7 cm³/mol. The van der Waals surface area contributed by atoms with E-state index in [1.165, 1.54) is 0 Å². The maximum Gasteiger partial charge on any atom is 0.247 e. The van der Waals surface area contributed by atoms with E-state index >= 15 is 0 Å². The summed E-state index contributed by atoms with van der Waals surface area (Å²) >= 11 is 1.56. The maximum atomic E-state index is 11.0. The fraction of sp³-hybridized carbons (Fsp3) is 0.250. The molecule has 0 radical (unpaired) electrons. The monoisotopic (exact) mass is 328 g/mol. The van der Waals surface area contributed by atoms with Crippen molar-refractivity contribution < 1.29 is 4.92 Å². The smallest absolute Gasteiger partial charge is 0.247 e. The van der Waals surface area contributed by atoms with Crippen LogP contribution in [0, 0.1) is 24.0 Å². The van der Waals surface area contributed by atoms with Gasteiger partial charge in [0.2, 0.25) is 5.70 Å². The molecule has 2 heterocycles. The number of anilines is 2. The van der Waals surface area contributed by atoms with Crippen molar-refractivity contribution in [2.45, 2.75) is 26.2 Å². The Labute approximate surface area is 137 Å². The van der Waals surface area contributed by atoms with Crippen molar-refractivity contribution in [1.29, 1.82) is 0 Å². The van der Waals surface area contributed by atoms with Crippen molar-refractivity contribution in [2.75, 3.05) is 5.32 Å². The van der Waals surface area contributed by atoms with E-state index in [0.29, 0.717) is 12.2 Å². The van der Waals surface area contributed by atoms with Crippen molar-refractivity contribution in [3.63, 3.8) is 0 Å². The van der Waals surface area contributed by atoms with Gasteiger partial charge in [-0.05, 0) is 31.5 Å². The zero-order valence-corrected chi connectivity index (χ0v) is 13.6.